The van der Waals surface area contributed by atoms with E-state index >= 15 is 0 Å². The van der Waals surface area contributed by atoms with Gasteiger partial charge in [0.15, 0.2) is 0 Å². The average molecular weight is 476 g/mol. The molecule has 0 aliphatic carbocycles. The number of hydrogen-bond acceptors (Lipinski definition) is 3. The lowest BCUT2D eigenvalue weighted by atomic mass is 9.85. The van der Waals surface area contributed by atoms with Crippen molar-refractivity contribution >= 4 is 11.3 Å². The Bertz CT molecular complexity index is 984. The topological polar surface area (TPSA) is 21.3 Å². The summed E-state index contributed by atoms with van der Waals surface area (Å²) in [5.74, 6) is 0.690. The number of rotatable bonds is 6. The van der Waals surface area contributed by atoms with Gasteiger partial charge in [-0.15, -0.1) is 11.3 Å². The van der Waals surface area contributed by atoms with E-state index in [2.05, 4.69) is 101 Å². The average Bonchev–Trinajstić information content (AvgIpc) is 3.23. The molecule has 2 nitrogen and oxygen atoms in total. The Labute approximate surface area is 210 Å². The van der Waals surface area contributed by atoms with Crippen LogP contribution in [0.3, 0.4) is 0 Å². The molecule has 1 aromatic heterocycles. The third-order valence-electron chi connectivity index (χ3n) is 6.91. The Morgan fingerprint density at radius 1 is 0.794 bits per heavy atom. The summed E-state index contributed by atoms with van der Waals surface area (Å²) in [6.07, 6.45) is 2.45. The minimum atomic E-state index is 0.159. The summed E-state index contributed by atoms with van der Waals surface area (Å²) in [4.78, 5) is 2.64. The lowest BCUT2D eigenvalue weighted by Crippen LogP contribution is -2.29. The van der Waals surface area contributed by atoms with Crippen LogP contribution in [0.4, 0.5) is 0 Å². The zero-order chi connectivity index (χ0) is 24.3. The monoisotopic (exact) mass is 475 g/mol. The summed E-state index contributed by atoms with van der Waals surface area (Å²) < 4.78 is 6.21. The van der Waals surface area contributed by atoms with Crippen LogP contribution >= 0.6 is 11.3 Å². The minimum Gasteiger partial charge on any atom is -0.376 e. The zero-order valence-electron chi connectivity index (χ0n) is 21.8. The number of piperidine rings is 1. The molecule has 0 amide bonds. The first-order valence-electron chi connectivity index (χ1n) is 12.7. The molecule has 1 fully saturated rings. The van der Waals surface area contributed by atoms with Crippen molar-refractivity contribution in [2.45, 2.75) is 71.8 Å². The number of thiophene rings is 1. The largest absolute Gasteiger partial charge is 0.376 e. The van der Waals surface area contributed by atoms with E-state index in [0.29, 0.717) is 12.5 Å². The highest BCUT2D eigenvalue weighted by Crippen LogP contribution is 2.41. The summed E-state index contributed by atoms with van der Waals surface area (Å²) >= 11 is 1.88. The second-order valence-electron chi connectivity index (χ2n) is 11.8. The third kappa shape index (κ3) is 6.19. The predicted molar refractivity (Wildman–Crippen MR) is 148 cm³/mol. The Balaban J connectivity index is 1.61. The molecule has 0 atom stereocenters. The predicted octanol–water partition coefficient (Wildman–Crippen LogP) is 8.19. The van der Waals surface area contributed by atoms with Crippen LogP contribution in [-0.2, 0) is 22.2 Å². The van der Waals surface area contributed by atoms with Crippen LogP contribution in [0.25, 0.3) is 21.6 Å². The molecule has 0 bridgehead atoms. The molecule has 4 rings (SSSR count). The molecular weight excluding hydrogens is 434 g/mol. The highest BCUT2D eigenvalue weighted by molar-refractivity contribution is 7.16. The van der Waals surface area contributed by atoms with Crippen molar-refractivity contribution < 1.29 is 4.74 Å². The van der Waals surface area contributed by atoms with Crippen LogP contribution in [0, 0.1) is 5.92 Å². The van der Waals surface area contributed by atoms with Gasteiger partial charge >= 0.3 is 0 Å². The van der Waals surface area contributed by atoms with Gasteiger partial charge in [-0.1, -0.05) is 90.1 Å². The van der Waals surface area contributed by atoms with Gasteiger partial charge in [0.05, 0.1) is 6.61 Å². The molecule has 1 aliphatic heterocycles. The fourth-order valence-electron chi connectivity index (χ4n) is 4.59. The van der Waals surface area contributed by atoms with Gasteiger partial charge in [0.25, 0.3) is 0 Å². The molecule has 3 heteroatoms. The first-order valence-corrected chi connectivity index (χ1v) is 13.6. The van der Waals surface area contributed by atoms with E-state index in [0.717, 1.165) is 19.7 Å². The number of benzene rings is 2. The van der Waals surface area contributed by atoms with Gasteiger partial charge in [0.2, 0.25) is 0 Å². The quantitative estimate of drug-likeness (QED) is 0.388. The van der Waals surface area contributed by atoms with Gasteiger partial charge in [0.1, 0.15) is 0 Å². The molecule has 2 aromatic carbocycles. The van der Waals surface area contributed by atoms with Crippen molar-refractivity contribution in [1.82, 2.24) is 5.32 Å². The van der Waals surface area contributed by atoms with E-state index in [4.69, 9.17) is 4.74 Å². The number of hydrogen-bond donors (Lipinski definition) is 1. The second kappa shape index (κ2) is 10.4. The highest BCUT2D eigenvalue weighted by atomic mass is 32.1. The lowest BCUT2D eigenvalue weighted by molar-refractivity contribution is 0.0779. The van der Waals surface area contributed by atoms with E-state index in [1.165, 1.54) is 50.4 Å². The first-order chi connectivity index (χ1) is 16.1. The van der Waals surface area contributed by atoms with Crippen molar-refractivity contribution in [3.8, 4) is 21.6 Å². The molecule has 34 heavy (non-hydrogen) atoms. The van der Waals surface area contributed by atoms with E-state index in [9.17, 15) is 0 Å². The molecule has 0 saturated carbocycles. The minimum absolute atomic E-state index is 0.159. The zero-order valence-corrected chi connectivity index (χ0v) is 22.6. The molecular formula is C31H41NOS. The molecule has 3 aromatic rings. The fraction of sp³-hybridized carbons (Fsp3) is 0.484. The maximum atomic E-state index is 6.21. The maximum absolute atomic E-state index is 6.21. The maximum Gasteiger partial charge on any atom is 0.0809 e. The summed E-state index contributed by atoms with van der Waals surface area (Å²) in [7, 11) is 0. The highest BCUT2D eigenvalue weighted by Gasteiger charge is 2.19. The third-order valence-corrected chi connectivity index (χ3v) is 8.07. The standard InChI is InChI=1S/C31H41NOS/c1-30(2,3)25-11-7-23(8-12-25)28-19-27(21-33-20-22-15-17-32-18-16-22)34-29(28)24-9-13-26(14-10-24)31(4,5)6/h7-14,19,22,32H,15-18,20-21H2,1-6H3. The van der Waals surface area contributed by atoms with Crippen LogP contribution in [-0.4, -0.2) is 19.7 Å². The molecule has 0 radical (unpaired) electrons. The van der Waals surface area contributed by atoms with E-state index in [-0.39, 0.29) is 10.8 Å². The number of nitrogens with one attached hydrogen (secondary N) is 1. The van der Waals surface area contributed by atoms with Crippen molar-refractivity contribution in [3.05, 3.63) is 70.6 Å². The van der Waals surface area contributed by atoms with E-state index < -0.39 is 0 Å². The van der Waals surface area contributed by atoms with Gasteiger partial charge in [0, 0.05) is 21.9 Å². The van der Waals surface area contributed by atoms with Crippen molar-refractivity contribution in [2.24, 2.45) is 5.92 Å². The summed E-state index contributed by atoms with van der Waals surface area (Å²) in [6, 6.07) is 20.7. The van der Waals surface area contributed by atoms with Gasteiger partial charge in [-0.05, 0) is 71.0 Å². The molecule has 1 aliphatic rings. The second-order valence-corrected chi connectivity index (χ2v) is 13.0. The molecule has 2 heterocycles. The Hall–Kier alpha value is -1.94. The normalized spacial score (nSPS) is 15.6. The van der Waals surface area contributed by atoms with Crippen LogP contribution in [0.5, 0.6) is 0 Å². The molecule has 0 spiro atoms. The Kier molecular flexibility index (Phi) is 7.66. The van der Waals surface area contributed by atoms with E-state index in [1.807, 2.05) is 11.3 Å². The van der Waals surface area contributed by atoms with Gasteiger partial charge in [-0.25, -0.2) is 0 Å². The Morgan fingerprint density at radius 2 is 1.32 bits per heavy atom. The van der Waals surface area contributed by atoms with Gasteiger partial charge in [-0.3, -0.25) is 0 Å². The van der Waals surface area contributed by atoms with Crippen molar-refractivity contribution in [3.63, 3.8) is 0 Å². The van der Waals surface area contributed by atoms with Crippen LogP contribution in [0.2, 0.25) is 0 Å². The Morgan fingerprint density at radius 3 is 1.85 bits per heavy atom. The molecule has 0 unspecified atom stereocenters. The first kappa shape index (κ1) is 25.2. The SMILES string of the molecule is CC(C)(C)c1ccc(-c2cc(COCC3CCNCC3)sc2-c2ccc(C(C)(C)C)cc2)cc1. The van der Waals surface area contributed by atoms with Gasteiger partial charge in [-0.2, -0.15) is 0 Å². The van der Waals surface area contributed by atoms with Crippen molar-refractivity contribution in [1.29, 1.82) is 0 Å². The lowest BCUT2D eigenvalue weighted by Gasteiger charge is -2.22. The smallest absolute Gasteiger partial charge is 0.0809 e. The van der Waals surface area contributed by atoms with Crippen LogP contribution < -0.4 is 5.32 Å². The summed E-state index contributed by atoms with van der Waals surface area (Å²) in [5, 5.41) is 3.44. The summed E-state index contributed by atoms with van der Waals surface area (Å²) in [6.45, 7) is 17.4. The molecule has 182 valence electrons. The number of ether oxygens (including phenoxy) is 1. The molecule has 1 N–H and O–H groups in total. The summed E-state index contributed by atoms with van der Waals surface area (Å²) in [5.41, 5.74) is 6.94. The fourth-order valence-corrected chi connectivity index (χ4v) is 5.71. The van der Waals surface area contributed by atoms with Crippen LogP contribution in [0.1, 0.15) is 70.4 Å². The molecule has 1 saturated heterocycles. The van der Waals surface area contributed by atoms with Gasteiger partial charge < -0.3 is 10.1 Å². The van der Waals surface area contributed by atoms with Crippen LogP contribution in [0.15, 0.2) is 54.6 Å². The van der Waals surface area contributed by atoms with Crippen molar-refractivity contribution in [2.75, 3.05) is 19.7 Å². The van der Waals surface area contributed by atoms with E-state index in [1.54, 1.807) is 0 Å².